The number of aromatic nitrogens is 1. The molecule has 1 fully saturated rings. The van der Waals surface area contributed by atoms with Gasteiger partial charge < -0.3 is 24.1 Å². The zero-order chi connectivity index (χ0) is 25.2. The lowest BCUT2D eigenvalue weighted by Gasteiger charge is -2.42. The second-order valence-electron chi connectivity index (χ2n) is 8.63. The van der Waals surface area contributed by atoms with Crippen LogP contribution in [0.5, 0.6) is 5.75 Å². The lowest BCUT2D eigenvalue weighted by atomic mass is 9.85. The van der Waals surface area contributed by atoms with E-state index in [0.29, 0.717) is 36.1 Å². The highest BCUT2D eigenvalue weighted by molar-refractivity contribution is 6.37. The van der Waals surface area contributed by atoms with E-state index >= 15 is 0 Å². The van der Waals surface area contributed by atoms with Gasteiger partial charge in [-0.05, 0) is 35.7 Å². The number of hydrogen-bond acceptors (Lipinski definition) is 5. The Morgan fingerprint density at radius 1 is 1.26 bits per heavy atom. The first-order valence-corrected chi connectivity index (χ1v) is 11.8. The van der Waals surface area contributed by atoms with Crippen molar-refractivity contribution >= 4 is 34.4 Å². The van der Waals surface area contributed by atoms with Gasteiger partial charge in [-0.25, -0.2) is 0 Å². The Kier molecular flexibility index (Phi) is 7.19. The van der Waals surface area contributed by atoms with Gasteiger partial charge in [-0.15, -0.1) is 0 Å². The number of methoxy groups -OCH3 is 1. The Labute approximate surface area is 209 Å². The third-order valence-corrected chi connectivity index (χ3v) is 6.92. The summed E-state index contributed by atoms with van der Waals surface area (Å²) in [5.41, 5.74) is 2.43. The fraction of sp³-hybridized carbons (Fsp3) is 0.333. The molecule has 1 N–H and O–H groups in total. The molecule has 1 aliphatic heterocycles. The minimum Gasteiger partial charge on any atom is -0.495 e. The van der Waals surface area contributed by atoms with Gasteiger partial charge in [0, 0.05) is 12.4 Å². The first-order valence-electron chi connectivity index (χ1n) is 11.4. The van der Waals surface area contributed by atoms with Gasteiger partial charge >= 0.3 is 5.97 Å². The van der Waals surface area contributed by atoms with Crippen molar-refractivity contribution in [3.63, 3.8) is 0 Å². The molecule has 1 atom stereocenters. The van der Waals surface area contributed by atoms with Crippen molar-refractivity contribution in [1.29, 1.82) is 0 Å². The zero-order valence-electron chi connectivity index (χ0n) is 20.1. The highest BCUT2D eigenvalue weighted by Gasteiger charge is 2.42. The molecule has 1 unspecified atom stereocenters. The second-order valence-corrected chi connectivity index (χ2v) is 9.01. The van der Waals surface area contributed by atoms with Crippen molar-refractivity contribution < 1.29 is 23.8 Å². The highest BCUT2D eigenvalue weighted by Crippen LogP contribution is 2.35. The topological polar surface area (TPSA) is 78.8 Å². The van der Waals surface area contributed by atoms with Crippen molar-refractivity contribution in [2.75, 3.05) is 26.9 Å². The van der Waals surface area contributed by atoms with Crippen molar-refractivity contribution in [2.24, 2.45) is 7.05 Å². The maximum Gasteiger partial charge on any atom is 0.313 e. The molecule has 7 nitrogen and oxygen atoms in total. The summed E-state index contributed by atoms with van der Waals surface area (Å²) in [5.74, 6) is -0.309. The van der Waals surface area contributed by atoms with Crippen LogP contribution in [0.1, 0.15) is 40.9 Å². The molecule has 8 heteroatoms. The summed E-state index contributed by atoms with van der Waals surface area (Å²) >= 11 is 6.47. The third-order valence-electron chi connectivity index (χ3n) is 6.53. The molecule has 1 saturated heterocycles. The maximum absolute atomic E-state index is 13.4. The molecule has 4 rings (SSSR count). The molecule has 0 spiro atoms. The van der Waals surface area contributed by atoms with E-state index in [-0.39, 0.29) is 24.4 Å². The summed E-state index contributed by atoms with van der Waals surface area (Å²) < 4.78 is 17.9. The molecule has 0 radical (unpaired) electrons. The van der Waals surface area contributed by atoms with E-state index in [0.717, 1.165) is 22.0 Å². The highest BCUT2D eigenvalue weighted by atomic mass is 35.5. The molecule has 0 saturated carbocycles. The van der Waals surface area contributed by atoms with E-state index < -0.39 is 5.54 Å². The quantitative estimate of drug-likeness (QED) is 0.342. The number of ether oxygens (including phenoxy) is 3. The molecule has 184 valence electrons. The lowest BCUT2D eigenvalue weighted by molar-refractivity contribution is -0.144. The Balaban J connectivity index is 1.58. The zero-order valence-corrected chi connectivity index (χ0v) is 20.9. The van der Waals surface area contributed by atoms with Crippen LogP contribution < -0.4 is 10.1 Å². The van der Waals surface area contributed by atoms with Gasteiger partial charge in [-0.2, -0.15) is 0 Å². The van der Waals surface area contributed by atoms with Gasteiger partial charge in [0.1, 0.15) is 23.6 Å². The van der Waals surface area contributed by atoms with Crippen LogP contribution in [0.25, 0.3) is 10.9 Å². The summed E-state index contributed by atoms with van der Waals surface area (Å²) in [4.78, 5) is 25.8. The van der Waals surface area contributed by atoms with Gasteiger partial charge in [0.05, 0.1) is 36.8 Å². The van der Waals surface area contributed by atoms with Crippen molar-refractivity contribution in [1.82, 2.24) is 9.88 Å². The van der Waals surface area contributed by atoms with Crippen LogP contribution in [-0.4, -0.2) is 43.4 Å². The van der Waals surface area contributed by atoms with Gasteiger partial charge in [0.2, 0.25) is 0 Å². The second kappa shape index (κ2) is 10.1. The number of hydrogen-bond donors (Lipinski definition) is 1. The van der Waals surface area contributed by atoms with Crippen LogP contribution in [0.15, 0.2) is 55.1 Å². The number of halogens is 1. The molecule has 3 aromatic rings. The molecule has 1 aliphatic rings. The van der Waals surface area contributed by atoms with Gasteiger partial charge in [0.25, 0.3) is 5.91 Å². The molecule has 0 aliphatic carbocycles. The minimum absolute atomic E-state index is 0.187. The predicted octanol–water partition coefficient (Wildman–Crippen LogP) is 4.72. The summed E-state index contributed by atoms with van der Waals surface area (Å²) in [6.45, 7) is 6.43. The molecule has 1 amide bonds. The number of esters is 1. The van der Waals surface area contributed by atoms with E-state index in [1.54, 1.807) is 25.3 Å². The fourth-order valence-corrected chi connectivity index (χ4v) is 4.74. The van der Waals surface area contributed by atoms with E-state index in [2.05, 4.69) is 11.9 Å². The molecular formula is C27H29ClN2O5. The van der Waals surface area contributed by atoms with E-state index in [1.807, 2.05) is 48.9 Å². The first kappa shape index (κ1) is 24.8. The molecular weight excluding hydrogens is 468 g/mol. The Morgan fingerprint density at radius 2 is 1.97 bits per heavy atom. The molecule has 1 aromatic heterocycles. The minimum atomic E-state index is -0.654. The SMILES string of the molecule is C=CCOC(=O)C(CC)c1ccc(C2(NC(=O)c3cc4c(Cl)c(OC)ccc4n3C)COC2)cc1. The summed E-state index contributed by atoms with van der Waals surface area (Å²) in [5, 5.41) is 4.38. The molecule has 35 heavy (non-hydrogen) atoms. The normalized spacial score (nSPS) is 15.2. The van der Waals surface area contributed by atoms with Gasteiger partial charge in [0.15, 0.2) is 0 Å². The van der Waals surface area contributed by atoms with E-state index in [1.165, 1.54) is 0 Å². The third kappa shape index (κ3) is 4.54. The Morgan fingerprint density at radius 3 is 2.54 bits per heavy atom. The fourth-order valence-electron chi connectivity index (χ4n) is 4.44. The summed E-state index contributed by atoms with van der Waals surface area (Å²) in [6, 6.07) is 13.1. The number of fused-ring (bicyclic) bond motifs is 1. The predicted molar refractivity (Wildman–Crippen MR) is 135 cm³/mol. The molecule has 0 bridgehead atoms. The standard InChI is InChI=1S/C27H29ClN2O5/c1-5-13-35-26(32)19(6-2)17-7-9-18(10-8-17)27(15-34-16-27)29-25(31)22-14-20-21(30(22)3)11-12-23(33-4)24(20)28/h5,7-12,14,19H,1,6,13,15-16H2,2-4H3,(H,29,31). The van der Waals surface area contributed by atoms with Crippen LogP contribution in [0.4, 0.5) is 0 Å². The number of nitrogens with zero attached hydrogens (tertiary/aromatic N) is 1. The lowest BCUT2D eigenvalue weighted by Crippen LogP contribution is -2.59. The Hall–Kier alpha value is -3.29. The number of nitrogens with one attached hydrogen (secondary N) is 1. The van der Waals surface area contributed by atoms with Crippen LogP contribution in [-0.2, 0) is 26.9 Å². The average molecular weight is 497 g/mol. The van der Waals surface area contributed by atoms with Crippen LogP contribution in [0, 0.1) is 0 Å². The number of benzene rings is 2. The number of carbonyl (C=O) groups excluding carboxylic acids is 2. The number of amides is 1. The van der Waals surface area contributed by atoms with E-state index in [9.17, 15) is 9.59 Å². The summed E-state index contributed by atoms with van der Waals surface area (Å²) in [7, 11) is 3.39. The van der Waals surface area contributed by atoms with Crippen molar-refractivity contribution in [3.05, 3.63) is 77.0 Å². The van der Waals surface area contributed by atoms with Crippen molar-refractivity contribution in [2.45, 2.75) is 24.8 Å². The van der Waals surface area contributed by atoms with Crippen LogP contribution >= 0.6 is 11.6 Å². The largest absolute Gasteiger partial charge is 0.495 e. The van der Waals surface area contributed by atoms with Crippen molar-refractivity contribution in [3.8, 4) is 5.75 Å². The van der Waals surface area contributed by atoms with Crippen LogP contribution in [0.3, 0.4) is 0 Å². The van der Waals surface area contributed by atoms with E-state index in [4.69, 9.17) is 25.8 Å². The van der Waals surface area contributed by atoms with Gasteiger partial charge in [-0.3, -0.25) is 9.59 Å². The monoisotopic (exact) mass is 496 g/mol. The number of rotatable bonds is 9. The first-order chi connectivity index (χ1) is 16.8. The maximum atomic E-state index is 13.4. The number of carbonyl (C=O) groups is 2. The molecule has 2 aromatic carbocycles. The van der Waals surface area contributed by atoms with Gasteiger partial charge in [-0.1, -0.05) is 55.4 Å². The Bertz CT molecular complexity index is 1260. The van der Waals surface area contributed by atoms with Crippen LogP contribution in [0.2, 0.25) is 5.02 Å². The number of aryl methyl sites for hydroxylation is 1. The summed E-state index contributed by atoms with van der Waals surface area (Å²) in [6.07, 6.45) is 2.17. The average Bonchev–Trinajstić information content (AvgIpc) is 3.18. The smallest absolute Gasteiger partial charge is 0.313 e. The molecule has 2 heterocycles.